The van der Waals surface area contributed by atoms with Crippen molar-refractivity contribution in [2.75, 3.05) is 0 Å². The molecule has 0 amide bonds. The summed E-state index contributed by atoms with van der Waals surface area (Å²) in [6.07, 6.45) is 3.06. The third-order valence-corrected chi connectivity index (χ3v) is 0.430. The summed E-state index contributed by atoms with van der Waals surface area (Å²) in [5, 5.41) is 0. The molecule has 0 aromatic rings. The Hall–Kier alpha value is -0.790. The van der Waals surface area contributed by atoms with Crippen LogP contribution in [-0.4, -0.2) is 5.84 Å². The van der Waals surface area contributed by atoms with E-state index >= 15 is 0 Å². The fourth-order valence-electron chi connectivity index (χ4n) is 0.141. The molecule has 2 nitrogen and oxygen atoms in total. The molecule has 0 aromatic carbocycles. The maximum atomic E-state index is 8.11. The minimum atomic E-state index is 0.130. The smallest absolute Gasteiger partial charge is 0.175 e. The molecule has 0 fully saturated rings. The number of nitrogens with zero attached hydrogens (tertiary/aromatic N) is 2. The summed E-state index contributed by atoms with van der Waals surface area (Å²) < 4.78 is 0. The van der Waals surface area contributed by atoms with E-state index in [0.29, 0.717) is 0 Å². The largest absolute Gasteiger partial charge is 0.235 e. The van der Waals surface area contributed by atoms with Gasteiger partial charge in [0.2, 0.25) is 0 Å². The van der Waals surface area contributed by atoms with Gasteiger partial charge in [0.25, 0.3) is 0 Å². The summed E-state index contributed by atoms with van der Waals surface area (Å²) in [6, 6.07) is 0. The van der Waals surface area contributed by atoms with Crippen molar-refractivity contribution in [2.24, 2.45) is 4.99 Å². The summed E-state index contributed by atoms with van der Waals surface area (Å²) in [5.41, 5.74) is 8.11. The summed E-state index contributed by atoms with van der Waals surface area (Å²) in [6.45, 7) is 0. The van der Waals surface area contributed by atoms with Crippen LogP contribution in [0.4, 0.5) is 0 Å². The first-order valence-electron chi connectivity index (χ1n) is 1.33. The average molecular weight is 66.1 g/mol. The van der Waals surface area contributed by atoms with Crippen molar-refractivity contribution in [1.82, 2.24) is 5.73 Å². The van der Waals surface area contributed by atoms with Crippen LogP contribution in [0.25, 0.3) is 0 Å². The van der Waals surface area contributed by atoms with Crippen LogP contribution in [-0.2, 0) is 0 Å². The van der Waals surface area contributed by atoms with Crippen LogP contribution in [0.3, 0.4) is 0 Å². The second kappa shape index (κ2) is 0.578. The van der Waals surface area contributed by atoms with E-state index in [1.165, 1.54) is 12.3 Å². The Balaban J connectivity index is 2.60. The Labute approximate surface area is 30.0 Å². The second-order valence-corrected chi connectivity index (χ2v) is 0.803. The fraction of sp³-hybridized carbons (Fsp3) is 0. The predicted molar refractivity (Wildman–Crippen MR) is 18.7 cm³/mol. The Kier molecular flexibility index (Phi) is 0.283. The van der Waals surface area contributed by atoms with Crippen LogP contribution in [0, 0.1) is 0 Å². The molecule has 1 aliphatic rings. The van der Waals surface area contributed by atoms with Gasteiger partial charge in [0.05, 0.1) is 0 Å². The SMILES string of the molecule is [N]C1=NC=C1. The second-order valence-electron chi connectivity index (χ2n) is 0.803. The molecule has 1 heterocycles. The molecule has 0 spiro atoms. The van der Waals surface area contributed by atoms with Gasteiger partial charge in [-0.05, 0) is 0 Å². The van der Waals surface area contributed by atoms with Gasteiger partial charge in [-0.3, -0.25) is 0 Å². The Morgan fingerprint density at radius 2 is 2.20 bits per heavy atom. The fourth-order valence-corrected chi connectivity index (χ4v) is 0.141. The van der Waals surface area contributed by atoms with E-state index in [-0.39, 0.29) is 5.84 Å². The molecule has 2 heteroatoms. The van der Waals surface area contributed by atoms with Gasteiger partial charge in [0.1, 0.15) is 0 Å². The van der Waals surface area contributed by atoms with Crippen molar-refractivity contribution in [3.05, 3.63) is 12.3 Å². The quantitative estimate of drug-likeness (QED) is 0.381. The Bertz CT molecular complexity index is 91.1. The molecule has 2 radical (unpaired) electrons. The van der Waals surface area contributed by atoms with Gasteiger partial charge in [-0.1, -0.05) is 0 Å². The molecule has 24 valence electrons. The highest BCUT2D eigenvalue weighted by Crippen LogP contribution is 1.87. The molecule has 0 saturated heterocycles. The zero-order chi connectivity index (χ0) is 3.70. The van der Waals surface area contributed by atoms with Crippen LogP contribution in [0.15, 0.2) is 17.3 Å². The van der Waals surface area contributed by atoms with E-state index in [1.807, 2.05) is 0 Å². The van der Waals surface area contributed by atoms with Gasteiger partial charge in [0, 0.05) is 12.3 Å². The van der Waals surface area contributed by atoms with Crippen molar-refractivity contribution in [2.45, 2.75) is 0 Å². The van der Waals surface area contributed by atoms with Crippen molar-refractivity contribution >= 4 is 5.84 Å². The van der Waals surface area contributed by atoms with E-state index in [2.05, 4.69) is 4.99 Å². The standard InChI is InChI=1S/C3H2N2/c4-3-1-2-5-3/h1-2H. The third kappa shape index (κ3) is 0.173. The highest BCUT2D eigenvalue weighted by molar-refractivity contribution is 5.95. The molecule has 0 aliphatic carbocycles. The molecular weight excluding hydrogens is 64.0 g/mol. The molecular formula is C3H2N2. The summed E-state index contributed by atoms with van der Waals surface area (Å²) >= 11 is 0. The summed E-state index contributed by atoms with van der Waals surface area (Å²) in [4.78, 5) is 3.36. The van der Waals surface area contributed by atoms with Gasteiger partial charge in [-0.2, -0.15) is 0 Å². The molecule has 1 aliphatic heterocycles. The highest BCUT2D eigenvalue weighted by Gasteiger charge is 1.89. The van der Waals surface area contributed by atoms with Crippen LogP contribution in [0.2, 0.25) is 0 Å². The monoisotopic (exact) mass is 66.0 g/mol. The Morgan fingerprint density at radius 3 is 2.20 bits per heavy atom. The topological polar surface area (TPSA) is 34.7 Å². The number of hydrogen-bond donors (Lipinski definition) is 0. The summed E-state index contributed by atoms with van der Waals surface area (Å²) in [7, 11) is 0. The first-order valence-corrected chi connectivity index (χ1v) is 1.33. The molecule has 0 N–H and O–H groups in total. The summed E-state index contributed by atoms with van der Waals surface area (Å²) in [5.74, 6) is 0.130. The maximum absolute atomic E-state index is 8.11. The molecule has 0 saturated carbocycles. The van der Waals surface area contributed by atoms with E-state index < -0.39 is 0 Å². The van der Waals surface area contributed by atoms with Crippen molar-refractivity contribution in [3.63, 3.8) is 0 Å². The number of rotatable bonds is 0. The van der Waals surface area contributed by atoms with Crippen molar-refractivity contribution in [3.8, 4) is 0 Å². The zero-order valence-corrected chi connectivity index (χ0v) is 2.55. The average Bonchev–Trinajstić information content (AvgIpc) is 1.30. The van der Waals surface area contributed by atoms with Gasteiger partial charge < -0.3 is 0 Å². The Morgan fingerprint density at radius 1 is 1.80 bits per heavy atom. The van der Waals surface area contributed by atoms with Crippen LogP contribution in [0.1, 0.15) is 0 Å². The lowest BCUT2D eigenvalue weighted by atomic mass is 10.5. The van der Waals surface area contributed by atoms with E-state index in [9.17, 15) is 0 Å². The van der Waals surface area contributed by atoms with E-state index in [0.717, 1.165) is 0 Å². The number of hydrogen-bond acceptors (Lipinski definition) is 1. The minimum absolute atomic E-state index is 0.130. The normalized spacial score (nSPS) is 17.2. The minimum Gasteiger partial charge on any atom is -0.235 e. The van der Waals surface area contributed by atoms with Crippen LogP contribution >= 0.6 is 0 Å². The predicted octanol–water partition coefficient (Wildman–Crippen LogP) is -0.0191. The highest BCUT2D eigenvalue weighted by atomic mass is 14.9. The molecule has 0 unspecified atom stereocenters. The third-order valence-electron chi connectivity index (χ3n) is 0.430. The van der Waals surface area contributed by atoms with Crippen LogP contribution in [0.5, 0.6) is 0 Å². The number of aliphatic imine (C=N–C) groups is 1. The lowest BCUT2D eigenvalue weighted by molar-refractivity contribution is 1.42. The molecule has 5 heavy (non-hydrogen) atoms. The van der Waals surface area contributed by atoms with Gasteiger partial charge in [-0.15, -0.1) is 5.73 Å². The van der Waals surface area contributed by atoms with E-state index in [4.69, 9.17) is 5.73 Å². The van der Waals surface area contributed by atoms with Crippen LogP contribution < -0.4 is 5.73 Å². The van der Waals surface area contributed by atoms with Gasteiger partial charge in [-0.25, -0.2) is 4.99 Å². The molecule has 1 rings (SSSR count). The zero-order valence-electron chi connectivity index (χ0n) is 2.55. The van der Waals surface area contributed by atoms with Gasteiger partial charge >= 0.3 is 0 Å². The maximum Gasteiger partial charge on any atom is 0.175 e. The first kappa shape index (κ1) is 2.45. The lowest BCUT2D eigenvalue weighted by Crippen LogP contribution is -1.96. The van der Waals surface area contributed by atoms with Gasteiger partial charge in [0.15, 0.2) is 5.84 Å². The molecule has 0 bridgehead atoms. The molecule has 0 aromatic heterocycles. The first-order chi connectivity index (χ1) is 2.39. The number of amidine groups is 1. The van der Waals surface area contributed by atoms with Crippen molar-refractivity contribution < 1.29 is 0 Å². The van der Waals surface area contributed by atoms with E-state index in [1.54, 1.807) is 0 Å². The molecule has 0 atom stereocenters. The van der Waals surface area contributed by atoms with Crippen molar-refractivity contribution in [1.29, 1.82) is 0 Å². The lowest BCUT2D eigenvalue weighted by Gasteiger charge is -1.87.